The number of hydrogen-bond donors (Lipinski definition) is 0. The van der Waals surface area contributed by atoms with Crippen molar-refractivity contribution in [1.82, 2.24) is 14.6 Å². The van der Waals surface area contributed by atoms with Crippen LogP contribution in [0.25, 0.3) is 11.0 Å². The first-order valence-electron chi connectivity index (χ1n) is 4.22. The van der Waals surface area contributed by atoms with Gasteiger partial charge < -0.3 is 4.42 Å². The van der Waals surface area contributed by atoms with Gasteiger partial charge in [0.2, 0.25) is 4.96 Å². The third-order valence-electron chi connectivity index (χ3n) is 1.94. The number of nitrogens with zero attached hydrogens (tertiary/aromatic N) is 3. The molecule has 0 aliphatic rings. The maximum Gasteiger partial charge on any atom is 0.291 e. The molecule has 15 heavy (non-hydrogen) atoms. The van der Waals surface area contributed by atoms with Crippen molar-refractivity contribution in [2.75, 3.05) is 0 Å². The molecule has 0 radical (unpaired) electrons. The standard InChI is InChI=1S/C9H5N3O2S/c13-8-7(4-6-2-1-3-14-6)15-9-10-5-11-12(8)9/h1-5H. The zero-order chi connectivity index (χ0) is 10.3. The molecular weight excluding hydrogens is 214 g/mol. The Morgan fingerprint density at radius 1 is 1.53 bits per heavy atom. The van der Waals surface area contributed by atoms with Gasteiger partial charge in [-0.05, 0) is 12.1 Å². The molecule has 0 bridgehead atoms. The highest BCUT2D eigenvalue weighted by molar-refractivity contribution is 7.15. The maximum atomic E-state index is 11.7. The minimum atomic E-state index is -0.163. The molecule has 0 saturated carbocycles. The third-order valence-corrected chi connectivity index (χ3v) is 2.91. The summed E-state index contributed by atoms with van der Waals surface area (Å²) in [4.78, 5) is 16.3. The van der Waals surface area contributed by atoms with Crippen molar-refractivity contribution < 1.29 is 4.42 Å². The highest BCUT2D eigenvalue weighted by atomic mass is 32.1. The maximum absolute atomic E-state index is 11.7. The van der Waals surface area contributed by atoms with Crippen molar-refractivity contribution in [2.24, 2.45) is 0 Å². The molecule has 0 N–H and O–H groups in total. The molecule has 0 fully saturated rings. The molecule has 0 aliphatic carbocycles. The highest BCUT2D eigenvalue weighted by Gasteiger charge is 2.04. The normalized spacial score (nSPS) is 12.7. The van der Waals surface area contributed by atoms with Crippen molar-refractivity contribution in [1.29, 1.82) is 0 Å². The number of rotatable bonds is 1. The summed E-state index contributed by atoms with van der Waals surface area (Å²) in [6, 6.07) is 3.56. The summed E-state index contributed by atoms with van der Waals surface area (Å²) in [5.41, 5.74) is -0.163. The molecule has 0 amide bonds. The molecule has 0 unspecified atom stereocenters. The first-order chi connectivity index (χ1) is 7.34. The Hall–Kier alpha value is -1.95. The van der Waals surface area contributed by atoms with Crippen molar-refractivity contribution in [2.45, 2.75) is 0 Å². The first-order valence-corrected chi connectivity index (χ1v) is 5.04. The van der Waals surface area contributed by atoms with Crippen LogP contribution in [-0.2, 0) is 0 Å². The summed E-state index contributed by atoms with van der Waals surface area (Å²) in [6.45, 7) is 0. The lowest BCUT2D eigenvalue weighted by Crippen LogP contribution is -2.23. The van der Waals surface area contributed by atoms with Gasteiger partial charge in [0.1, 0.15) is 16.6 Å². The van der Waals surface area contributed by atoms with Gasteiger partial charge in [0.05, 0.1) is 6.26 Å². The van der Waals surface area contributed by atoms with E-state index in [9.17, 15) is 4.79 Å². The molecule has 0 atom stereocenters. The number of hydrogen-bond acceptors (Lipinski definition) is 5. The SMILES string of the molecule is O=c1c(=Cc2ccco2)sc2ncnn12. The largest absolute Gasteiger partial charge is 0.465 e. The molecule has 0 saturated heterocycles. The second-order valence-corrected chi connectivity index (χ2v) is 3.89. The number of aromatic nitrogens is 3. The van der Waals surface area contributed by atoms with Crippen molar-refractivity contribution >= 4 is 22.4 Å². The van der Waals surface area contributed by atoms with E-state index in [-0.39, 0.29) is 5.56 Å². The summed E-state index contributed by atoms with van der Waals surface area (Å²) in [5.74, 6) is 0.650. The van der Waals surface area contributed by atoms with E-state index in [1.54, 1.807) is 24.5 Å². The Bertz CT molecular complexity index is 695. The zero-order valence-corrected chi connectivity index (χ0v) is 8.27. The van der Waals surface area contributed by atoms with Gasteiger partial charge in [0.25, 0.3) is 5.56 Å². The molecule has 0 spiro atoms. The summed E-state index contributed by atoms with van der Waals surface area (Å²) in [5, 5.41) is 3.82. The van der Waals surface area contributed by atoms with E-state index in [0.29, 0.717) is 15.3 Å². The Morgan fingerprint density at radius 2 is 2.47 bits per heavy atom. The van der Waals surface area contributed by atoms with Crippen LogP contribution in [0.3, 0.4) is 0 Å². The van der Waals surface area contributed by atoms with Crippen molar-refractivity contribution in [3.8, 4) is 0 Å². The topological polar surface area (TPSA) is 60.4 Å². The molecule has 3 aromatic heterocycles. The highest BCUT2D eigenvalue weighted by Crippen LogP contribution is 2.02. The summed E-state index contributed by atoms with van der Waals surface area (Å²) in [7, 11) is 0. The molecule has 74 valence electrons. The number of fused-ring (bicyclic) bond motifs is 1. The molecular formula is C9H5N3O2S. The minimum Gasteiger partial charge on any atom is -0.465 e. The monoisotopic (exact) mass is 219 g/mol. The number of thiazole rings is 1. The molecule has 0 aromatic carbocycles. The summed E-state index contributed by atoms with van der Waals surface area (Å²) in [6.07, 6.45) is 4.61. The van der Waals surface area contributed by atoms with Gasteiger partial charge in [-0.3, -0.25) is 4.79 Å². The fourth-order valence-electron chi connectivity index (χ4n) is 1.28. The molecule has 3 heterocycles. The van der Waals surface area contributed by atoms with Gasteiger partial charge in [0, 0.05) is 6.08 Å². The Balaban J connectivity index is 2.32. The summed E-state index contributed by atoms with van der Waals surface area (Å²) >= 11 is 1.29. The third kappa shape index (κ3) is 1.26. The van der Waals surface area contributed by atoms with Crippen LogP contribution >= 0.6 is 11.3 Å². The smallest absolute Gasteiger partial charge is 0.291 e. The van der Waals surface area contributed by atoms with E-state index < -0.39 is 0 Å². The Labute approximate surface area is 87.3 Å². The Kier molecular flexibility index (Phi) is 1.69. The van der Waals surface area contributed by atoms with E-state index in [1.807, 2.05) is 0 Å². The fourth-order valence-corrected chi connectivity index (χ4v) is 2.14. The van der Waals surface area contributed by atoms with Gasteiger partial charge in [-0.25, -0.2) is 4.98 Å². The van der Waals surface area contributed by atoms with E-state index in [4.69, 9.17) is 4.42 Å². The molecule has 0 aliphatic heterocycles. The van der Waals surface area contributed by atoms with Crippen LogP contribution in [0.4, 0.5) is 0 Å². The fraction of sp³-hybridized carbons (Fsp3) is 0. The van der Waals surface area contributed by atoms with Gasteiger partial charge in [-0.2, -0.15) is 9.61 Å². The summed E-state index contributed by atoms with van der Waals surface area (Å²) < 4.78 is 6.97. The van der Waals surface area contributed by atoms with E-state index in [1.165, 1.54) is 22.2 Å². The van der Waals surface area contributed by atoms with Crippen LogP contribution < -0.4 is 10.1 Å². The molecule has 6 heteroatoms. The average molecular weight is 219 g/mol. The minimum absolute atomic E-state index is 0.163. The molecule has 5 nitrogen and oxygen atoms in total. The lowest BCUT2D eigenvalue weighted by atomic mass is 10.4. The van der Waals surface area contributed by atoms with Gasteiger partial charge >= 0.3 is 0 Å². The van der Waals surface area contributed by atoms with Crippen LogP contribution in [0.1, 0.15) is 5.76 Å². The Morgan fingerprint density at radius 3 is 3.20 bits per heavy atom. The van der Waals surface area contributed by atoms with Gasteiger partial charge in [0.15, 0.2) is 0 Å². The van der Waals surface area contributed by atoms with Crippen LogP contribution in [0.5, 0.6) is 0 Å². The van der Waals surface area contributed by atoms with E-state index in [0.717, 1.165) is 0 Å². The van der Waals surface area contributed by atoms with Gasteiger partial charge in [-0.1, -0.05) is 11.3 Å². The van der Waals surface area contributed by atoms with Crippen molar-refractivity contribution in [3.05, 3.63) is 45.4 Å². The molecule has 3 aromatic rings. The zero-order valence-electron chi connectivity index (χ0n) is 7.45. The average Bonchev–Trinajstić information content (AvgIpc) is 2.89. The quantitative estimate of drug-likeness (QED) is 0.590. The first kappa shape index (κ1) is 8.37. The van der Waals surface area contributed by atoms with E-state index >= 15 is 0 Å². The second kappa shape index (κ2) is 3.03. The van der Waals surface area contributed by atoms with Gasteiger partial charge in [-0.15, -0.1) is 0 Å². The van der Waals surface area contributed by atoms with Crippen LogP contribution in [-0.4, -0.2) is 14.6 Å². The number of furan rings is 1. The van der Waals surface area contributed by atoms with Crippen LogP contribution in [0, 0.1) is 0 Å². The lowest BCUT2D eigenvalue weighted by Gasteiger charge is -1.78. The van der Waals surface area contributed by atoms with Crippen LogP contribution in [0.15, 0.2) is 33.9 Å². The van der Waals surface area contributed by atoms with Crippen LogP contribution in [0.2, 0.25) is 0 Å². The van der Waals surface area contributed by atoms with E-state index in [2.05, 4.69) is 10.1 Å². The lowest BCUT2D eigenvalue weighted by molar-refractivity contribution is 0.556. The predicted octanol–water partition coefficient (Wildman–Crippen LogP) is 0.292. The van der Waals surface area contributed by atoms with Crippen molar-refractivity contribution in [3.63, 3.8) is 0 Å². The second-order valence-electron chi connectivity index (χ2n) is 2.89. The molecule has 3 rings (SSSR count). The predicted molar refractivity (Wildman–Crippen MR) is 54.6 cm³/mol.